The number of ether oxygens (including phenoxy) is 3. The number of benzene rings is 2. The average Bonchev–Trinajstić information content (AvgIpc) is 2.97. The fourth-order valence-electron chi connectivity index (χ4n) is 2.29. The Bertz CT molecular complexity index is 906. The van der Waals surface area contributed by atoms with Crippen molar-refractivity contribution in [3.63, 3.8) is 0 Å². The van der Waals surface area contributed by atoms with Crippen LogP contribution in [-0.4, -0.2) is 26.1 Å². The van der Waals surface area contributed by atoms with E-state index in [2.05, 4.69) is 4.99 Å². The lowest BCUT2D eigenvalue weighted by Crippen LogP contribution is -2.06. The lowest BCUT2D eigenvalue weighted by molar-refractivity contribution is -0.129. The second-order valence-corrected chi connectivity index (χ2v) is 5.84. The van der Waals surface area contributed by atoms with Crippen molar-refractivity contribution in [3.8, 4) is 11.5 Å². The first kappa shape index (κ1) is 17.3. The van der Waals surface area contributed by atoms with E-state index in [0.717, 1.165) is 0 Å². The van der Waals surface area contributed by atoms with E-state index in [1.54, 1.807) is 49.6 Å². The minimum Gasteiger partial charge on any atom is -0.493 e. The first-order valence-corrected chi connectivity index (χ1v) is 7.98. The van der Waals surface area contributed by atoms with Gasteiger partial charge >= 0.3 is 5.97 Å². The molecule has 0 spiro atoms. The van der Waals surface area contributed by atoms with E-state index in [-0.39, 0.29) is 16.6 Å². The Morgan fingerprint density at radius 2 is 1.84 bits per heavy atom. The molecule has 0 atom stereocenters. The summed E-state index contributed by atoms with van der Waals surface area (Å²) in [4.78, 5) is 16.3. The van der Waals surface area contributed by atoms with Crippen LogP contribution in [0.5, 0.6) is 11.5 Å². The summed E-state index contributed by atoms with van der Waals surface area (Å²) in [6.45, 7) is 0. The normalized spacial score (nSPS) is 15.1. The van der Waals surface area contributed by atoms with E-state index in [1.807, 2.05) is 0 Å². The summed E-state index contributed by atoms with van der Waals surface area (Å²) >= 11 is 12.1. The number of cyclic esters (lactones) is 1. The molecule has 1 heterocycles. The molecule has 5 nitrogen and oxygen atoms in total. The van der Waals surface area contributed by atoms with Gasteiger partial charge in [-0.25, -0.2) is 9.79 Å². The van der Waals surface area contributed by atoms with Crippen LogP contribution in [0.2, 0.25) is 10.0 Å². The summed E-state index contributed by atoms with van der Waals surface area (Å²) in [5, 5.41) is 0.637. The van der Waals surface area contributed by atoms with Crippen LogP contribution in [0.3, 0.4) is 0 Å². The van der Waals surface area contributed by atoms with Crippen molar-refractivity contribution in [1.29, 1.82) is 0 Å². The van der Waals surface area contributed by atoms with Gasteiger partial charge in [0.05, 0.1) is 29.8 Å². The van der Waals surface area contributed by atoms with Crippen LogP contribution in [0.25, 0.3) is 6.08 Å². The summed E-state index contributed by atoms with van der Waals surface area (Å²) in [7, 11) is 3.09. The zero-order valence-electron chi connectivity index (χ0n) is 13.4. The van der Waals surface area contributed by atoms with Crippen LogP contribution in [-0.2, 0) is 9.53 Å². The number of methoxy groups -OCH3 is 2. The quantitative estimate of drug-likeness (QED) is 0.586. The van der Waals surface area contributed by atoms with Gasteiger partial charge in [0, 0.05) is 0 Å². The van der Waals surface area contributed by atoms with Crippen LogP contribution >= 0.6 is 23.2 Å². The smallest absolute Gasteiger partial charge is 0.363 e. The van der Waals surface area contributed by atoms with Crippen LogP contribution < -0.4 is 9.47 Å². The predicted molar refractivity (Wildman–Crippen MR) is 96.6 cm³/mol. The number of aliphatic imine (C=N–C) groups is 1. The van der Waals surface area contributed by atoms with Crippen LogP contribution in [0, 0.1) is 0 Å². The van der Waals surface area contributed by atoms with Crippen molar-refractivity contribution >= 4 is 41.1 Å². The minimum atomic E-state index is -0.569. The second kappa shape index (κ2) is 7.17. The summed E-state index contributed by atoms with van der Waals surface area (Å²) in [6, 6.07) is 10.3. The maximum atomic E-state index is 12.1. The van der Waals surface area contributed by atoms with Gasteiger partial charge < -0.3 is 14.2 Å². The number of carbonyl (C=O) groups is 1. The molecule has 25 heavy (non-hydrogen) atoms. The van der Waals surface area contributed by atoms with Crippen molar-refractivity contribution in [2.45, 2.75) is 0 Å². The van der Waals surface area contributed by atoms with Gasteiger partial charge in [-0.1, -0.05) is 35.3 Å². The van der Waals surface area contributed by atoms with E-state index in [0.29, 0.717) is 27.6 Å². The van der Waals surface area contributed by atoms with Gasteiger partial charge in [-0.2, -0.15) is 0 Å². The number of hydrogen-bond acceptors (Lipinski definition) is 5. The second-order valence-electron chi connectivity index (χ2n) is 5.05. The van der Waals surface area contributed by atoms with Crippen molar-refractivity contribution in [2.75, 3.05) is 14.2 Å². The molecule has 7 heteroatoms. The molecule has 1 aliphatic heterocycles. The molecule has 0 unspecified atom stereocenters. The SMILES string of the molecule is COc1ccc(C=C2N=C(c3cccc(Cl)c3Cl)OC2=O)cc1OC. The Morgan fingerprint density at radius 1 is 1.08 bits per heavy atom. The van der Waals surface area contributed by atoms with Crippen LogP contribution in [0.4, 0.5) is 0 Å². The van der Waals surface area contributed by atoms with E-state index in [1.165, 1.54) is 7.11 Å². The molecule has 3 rings (SSSR count). The molecule has 0 saturated carbocycles. The zero-order valence-corrected chi connectivity index (χ0v) is 14.9. The maximum absolute atomic E-state index is 12.1. The fourth-order valence-corrected chi connectivity index (χ4v) is 2.68. The third kappa shape index (κ3) is 3.48. The molecule has 0 N–H and O–H groups in total. The molecule has 1 aliphatic rings. The van der Waals surface area contributed by atoms with Crippen LogP contribution in [0.15, 0.2) is 47.1 Å². The maximum Gasteiger partial charge on any atom is 0.363 e. The molecular weight excluding hydrogens is 365 g/mol. The lowest BCUT2D eigenvalue weighted by atomic mass is 10.1. The van der Waals surface area contributed by atoms with E-state index >= 15 is 0 Å². The van der Waals surface area contributed by atoms with Gasteiger partial charge in [-0.15, -0.1) is 0 Å². The zero-order chi connectivity index (χ0) is 18.0. The Hall–Kier alpha value is -2.50. The number of halogens is 2. The molecule has 0 amide bonds. The molecule has 0 aliphatic carbocycles. The molecule has 0 aromatic heterocycles. The monoisotopic (exact) mass is 377 g/mol. The van der Waals surface area contributed by atoms with Gasteiger partial charge in [0.25, 0.3) is 0 Å². The molecule has 0 fully saturated rings. The number of carbonyl (C=O) groups excluding carboxylic acids is 1. The van der Waals surface area contributed by atoms with Gasteiger partial charge in [-0.3, -0.25) is 0 Å². The molecule has 0 radical (unpaired) electrons. The highest BCUT2D eigenvalue weighted by molar-refractivity contribution is 6.44. The van der Waals surface area contributed by atoms with Gasteiger partial charge in [0.15, 0.2) is 17.2 Å². The predicted octanol–water partition coefficient (Wildman–Crippen LogP) is 4.36. The van der Waals surface area contributed by atoms with E-state index in [9.17, 15) is 4.79 Å². The largest absolute Gasteiger partial charge is 0.493 e. The molecule has 0 bridgehead atoms. The number of hydrogen-bond donors (Lipinski definition) is 0. The third-order valence-corrected chi connectivity index (χ3v) is 4.33. The standard InChI is InChI=1S/C18H13Cl2NO4/c1-23-14-7-6-10(9-15(14)24-2)8-13-18(22)25-17(21-13)11-4-3-5-12(19)16(11)20/h3-9H,1-2H3. The average molecular weight is 378 g/mol. The summed E-state index contributed by atoms with van der Waals surface area (Å²) in [5.74, 6) is 0.684. The lowest BCUT2D eigenvalue weighted by Gasteiger charge is -2.07. The summed E-state index contributed by atoms with van der Waals surface area (Å²) in [6.07, 6.45) is 1.59. The summed E-state index contributed by atoms with van der Waals surface area (Å²) in [5.41, 5.74) is 1.32. The van der Waals surface area contributed by atoms with E-state index < -0.39 is 5.97 Å². The van der Waals surface area contributed by atoms with Crippen LogP contribution in [0.1, 0.15) is 11.1 Å². The summed E-state index contributed by atoms with van der Waals surface area (Å²) < 4.78 is 15.7. The Morgan fingerprint density at radius 3 is 2.56 bits per heavy atom. The molecule has 128 valence electrons. The number of esters is 1. The highest BCUT2D eigenvalue weighted by Crippen LogP contribution is 2.31. The molecular formula is C18H13Cl2NO4. The van der Waals surface area contributed by atoms with Crippen molar-refractivity contribution in [1.82, 2.24) is 0 Å². The number of rotatable bonds is 4. The van der Waals surface area contributed by atoms with Crippen molar-refractivity contribution < 1.29 is 19.0 Å². The van der Waals surface area contributed by atoms with Gasteiger partial charge in [0.2, 0.25) is 5.90 Å². The Kier molecular flexibility index (Phi) is 4.97. The first-order chi connectivity index (χ1) is 12.0. The highest BCUT2D eigenvalue weighted by atomic mass is 35.5. The van der Waals surface area contributed by atoms with Crippen molar-refractivity contribution in [2.24, 2.45) is 4.99 Å². The number of nitrogens with zero attached hydrogens (tertiary/aromatic N) is 1. The Labute approximate surface area is 154 Å². The first-order valence-electron chi connectivity index (χ1n) is 7.22. The third-order valence-electron chi connectivity index (χ3n) is 3.51. The molecule has 0 saturated heterocycles. The molecule has 2 aromatic carbocycles. The fraction of sp³-hybridized carbons (Fsp3) is 0.111. The molecule has 2 aromatic rings. The van der Waals surface area contributed by atoms with E-state index in [4.69, 9.17) is 37.4 Å². The minimum absolute atomic E-state index is 0.115. The van der Waals surface area contributed by atoms with Gasteiger partial charge in [-0.05, 0) is 35.9 Å². The topological polar surface area (TPSA) is 57.1 Å². The van der Waals surface area contributed by atoms with Crippen molar-refractivity contribution in [3.05, 3.63) is 63.3 Å². The Balaban J connectivity index is 1.97. The highest BCUT2D eigenvalue weighted by Gasteiger charge is 2.26. The van der Waals surface area contributed by atoms with Gasteiger partial charge in [0.1, 0.15) is 0 Å².